The van der Waals surface area contributed by atoms with E-state index < -0.39 is 5.97 Å². The molecule has 0 radical (unpaired) electrons. The fourth-order valence-electron chi connectivity index (χ4n) is 2.05. The summed E-state index contributed by atoms with van der Waals surface area (Å²) in [6, 6.07) is 3.59. The molecule has 134 valence electrons. The van der Waals surface area contributed by atoms with E-state index in [9.17, 15) is 9.59 Å². The van der Waals surface area contributed by atoms with Gasteiger partial charge >= 0.3 is 5.97 Å². The highest BCUT2D eigenvalue weighted by atomic mass is 127. The first-order valence-electron chi connectivity index (χ1n) is 7.12. The Balaban J connectivity index is 2.32. The second-order valence-corrected chi connectivity index (χ2v) is 7.05. The third-order valence-electron chi connectivity index (χ3n) is 3.31. The molecule has 0 saturated carbocycles. The van der Waals surface area contributed by atoms with Gasteiger partial charge in [0.2, 0.25) is 0 Å². The van der Waals surface area contributed by atoms with E-state index in [-0.39, 0.29) is 12.5 Å². The highest BCUT2D eigenvalue weighted by Crippen LogP contribution is 2.37. The van der Waals surface area contributed by atoms with Crippen LogP contribution in [-0.2, 0) is 14.3 Å². The number of carbonyl (C=O) groups excluding carboxylic acids is 2. The van der Waals surface area contributed by atoms with Gasteiger partial charge in [-0.15, -0.1) is 0 Å². The van der Waals surface area contributed by atoms with Crippen LogP contribution in [0.3, 0.4) is 0 Å². The lowest BCUT2D eigenvalue weighted by Crippen LogP contribution is -2.23. The number of carbonyl (C=O) groups is 2. The Morgan fingerprint density at radius 1 is 1.40 bits per heavy atom. The minimum absolute atomic E-state index is 0.106. The van der Waals surface area contributed by atoms with Gasteiger partial charge < -0.3 is 14.2 Å². The smallest absolute Gasteiger partial charge is 0.343 e. The highest BCUT2D eigenvalue weighted by molar-refractivity contribution is 14.1. The number of nitrogens with zero attached hydrogens (tertiary/aromatic N) is 2. The number of rotatable bonds is 5. The van der Waals surface area contributed by atoms with Crippen molar-refractivity contribution in [2.75, 3.05) is 34.9 Å². The molecule has 0 N–H and O–H groups in total. The summed E-state index contributed by atoms with van der Waals surface area (Å²) in [5, 5.41) is 0.649. The van der Waals surface area contributed by atoms with Crippen molar-refractivity contribution in [3.05, 3.63) is 26.2 Å². The monoisotopic (exact) mass is 476 g/mol. The second-order valence-electron chi connectivity index (χ2n) is 4.88. The summed E-state index contributed by atoms with van der Waals surface area (Å²) in [5.74, 6) is 0.335. The maximum Gasteiger partial charge on any atom is 0.343 e. The van der Waals surface area contributed by atoms with E-state index in [1.54, 1.807) is 26.2 Å². The molecule has 25 heavy (non-hydrogen) atoms. The van der Waals surface area contributed by atoms with Crippen LogP contribution in [0.15, 0.2) is 22.0 Å². The molecule has 7 nitrogen and oxygen atoms in total. The Bertz CT molecular complexity index is 763. The quantitative estimate of drug-likeness (QED) is 0.369. The van der Waals surface area contributed by atoms with Crippen molar-refractivity contribution < 1.29 is 23.8 Å². The minimum atomic E-state index is -0.480. The zero-order chi connectivity index (χ0) is 18.6. The van der Waals surface area contributed by atoms with Gasteiger partial charge in [0.1, 0.15) is 0 Å². The molecule has 9 heteroatoms. The summed E-state index contributed by atoms with van der Waals surface area (Å²) >= 11 is 3.40. The lowest BCUT2D eigenvalue weighted by Gasteiger charge is -2.13. The Kier molecular flexibility index (Phi) is 6.71. The summed E-state index contributed by atoms with van der Waals surface area (Å²) < 4.78 is 16.2. The van der Waals surface area contributed by atoms with Crippen LogP contribution < -0.4 is 9.47 Å². The number of methoxy groups -OCH3 is 2. The van der Waals surface area contributed by atoms with E-state index in [2.05, 4.69) is 32.3 Å². The number of aliphatic imine (C=N–C) groups is 1. The summed E-state index contributed by atoms with van der Waals surface area (Å²) in [7, 11) is 6.14. The molecule has 1 fully saturated rings. The third kappa shape index (κ3) is 4.46. The van der Waals surface area contributed by atoms with Crippen molar-refractivity contribution in [1.29, 1.82) is 0 Å². The van der Waals surface area contributed by atoms with Crippen molar-refractivity contribution in [3.8, 4) is 11.5 Å². The molecule has 1 aromatic carbocycles. The molecule has 0 atom stereocenters. The van der Waals surface area contributed by atoms with Crippen LogP contribution in [0, 0.1) is 3.57 Å². The zero-order valence-corrected chi connectivity index (χ0v) is 17.1. The van der Waals surface area contributed by atoms with Crippen molar-refractivity contribution in [2.45, 2.75) is 0 Å². The molecule has 1 aliphatic rings. The summed E-state index contributed by atoms with van der Waals surface area (Å²) in [6.45, 7) is -0.210. The molecular weight excluding hydrogens is 459 g/mol. The van der Waals surface area contributed by atoms with E-state index in [1.807, 2.05) is 6.07 Å². The SMILES string of the molecule is CN=C1S/C(=C/c2cc(I)c(OCC(=O)OC)c(OC)c2)C(=O)N1C. The average molecular weight is 476 g/mol. The van der Waals surface area contributed by atoms with Crippen LogP contribution in [0.2, 0.25) is 0 Å². The molecule has 1 aromatic rings. The van der Waals surface area contributed by atoms with E-state index in [1.165, 1.54) is 30.9 Å². The summed E-state index contributed by atoms with van der Waals surface area (Å²) in [6.07, 6.45) is 1.77. The van der Waals surface area contributed by atoms with Gasteiger partial charge in [-0.1, -0.05) is 0 Å². The van der Waals surface area contributed by atoms with E-state index >= 15 is 0 Å². The van der Waals surface area contributed by atoms with Crippen LogP contribution in [-0.4, -0.2) is 56.9 Å². The normalized spacial score (nSPS) is 17.3. The Hall–Kier alpha value is -1.75. The molecule has 1 saturated heterocycles. The van der Waals surface area contributed by atoms with Crippen LogP contribution in [0.5, 0.6) is 11.5 Å². The van der Waals surface area contributed by atoms with Crippen LogP contribution >= 0.6 is 34.4 Å². The van der Waals surface area contributed by atoms with Crippen LogP contribution in [0.25, 0.3) is 6.08 Å². The fourth-order valence-corrected chi connectivity index (χ4v) is 3.76. The topological polar surface area (TPSA) is 77.4 Å². The predicted octanol–water partition coefficient (Wildman–Crippen LogP) is 2.38. The fraction of sp³-hybridized carbons (Fsp3) is 0.312. The number of hydrogen-bond donors (Lipinski definition) is 0. The van der Waals surface area contributed by atoms with Crippen molar-refractivity contribution in [3.63, 3.8) is 0 Å². The second kappa shape index (κ2) is 8.56. The minimum Gasteiger partial charge on any atom is -0.493 e. The molecule has 0 bridgehead atoms. The maximum atomic E-state index is 12.2. The van der Waals surface area contributed by atoms with Crippen LogP contribution in [0.4, 0.5) is 0 Å². The predicted molar refractivity (Wildman–Crippen MR) is 105 cm³/mol. The number of amides is 1. The Morgan fingerprint density at radius 3 is 2.68 bits per heavy atom. The molecule has 1 amide bonds. The third-order valence-corrected chi connectivity index (χ3v) is 5.26. The molecular formula is C16H17IN2O5S. The van der Waals surface area contributed by atoms with Gasteiger partial charge in [-0.05, 0) is 58.1 Å². The molecule has 0 unspecified atom stereocenters. The van der Waals surface area contributed by atoms with Crippen molar-refractivity contribution in [1.82, 2.24) is 4.90 Å². The van der Waals surface area contributed by atoms with Gasteiger partial charge in [-0.3, -0.25) is 14.7 Å². The van der Waals surface area contributed by atoms with Crippen molar-refractivity contribution in [2.24, 2.45) is 4.99 Å². The molecule has 0 aliphatic carbocycles. The number of amidine groups is 1. The molecule has 1 heterocycles. The number of ether oxygens (including phenoxy) is 3. The van der Waals surface area contributed by atoms with E-state index in [0.717, 1.165) is 9.13 Å². The molecule has 0 spiro atoms. The Morgan fingerprint density at radius 2 is 2.12 bits per heavy atom. The summed E-state index contributed by atoms with van der Waals surface area (Å²) in [5.41, 5.74) is 0.785. The van der Waals surface area contributed by atoms with Gasteiger partial charge in [0.15, 0.2) is 23.3 Å². The van der Waals surface area contributed by atoms with Gasteiger partial charge in [-0.25, -0.2) is 4.79 Å². The molecule has 0 aromatic heterocycles. The van der Waals surface area contributed by atoms with Gasteiger partial charge in [0.05, 0.1) is 22.7 Å². The number of benzene rings is 1. The highest BCUT2D eigenvalue weighted by Gasteiger charge is 2.29. The molecule has 2 rings (SSSR count). The Labute approximate surface area is 163 Å². The molecule has 1 aliphatic heterocycles. The number of esters is 1. The number of halogens is 1. The van der Waals surface area contributed by atoms with Gasteiger partial charge in [0, 0.05) is 14.1 Å². The maximum absolute atomic E-state index is 12.2. The first-order valence-corrected chi connectivity index (χ1v) is 9.02. The van der Waals surface area contributed by atoms with Crippen LogP contribution in [0.1, 0.15) is 5.56 Å². The van der Waals surface area contributed by atoms with Crippen molar-refractivity contribution >= 4 is 57.5 Å². The first kappa shape index (κ1) is 19.6. The van der Waals surface area contributed by atoms with E-state index in [4.69, 9.17) is 9.47 Å². The van der Waals surface area contributed by atoms with Gasteiger partial charge in [0.25, 0.3) is 5.91 Å². The first-order chi connectivity index (χ1) is 11.9. The zero-order valence-electron chi connectivity index (χ0n) is 14.2. The summed E-state index contributed by atoms with van der Waals surface area (Å²) in [4.78, 5) is 29.7. The average Bonchev–Trinajstić information content (AvgIpc) is 2.87. The number of likely N-dealkylation sites (N-methyl/N-ethyl adjacent to an activating group) is 1. The largest absolute Gasteiger partial charge is 0.493 e. The number of thioether (sulfide) groups is 1. The van der Waals surface area contributed by atoms with Gasteiger partial charge in [-0.2, -0.15) is 0 Å². The van der Waals surface area contributed by atoms with E-state index in [0.29, 0.717) is 21.6 Å². The lowest BCUT2D eigenvalue weighted by atomic mass is 10.2. The number of hydrogen-bond acceptors (Lipinski definition) is 7. The standard InChI is InChI=1S/C16H17IN2O5S/c1-18-16-19(2)15(21)12(25-16)7-9-5-10(17)14(11(6-9)22-3)24-8-13(20)23-4/h5-7H,8H2,1-4H3/b12-7+,18-16?. The lowest BCUT2D eigenvalue weighted by molar-refractivity contribution is -0.143.